The number of nitrogens with zero attached hydrogens (tertiary/aromatic N) is 1. The summed E-state index contributed by atoms with van der Waals surface area (Å²) in [6.45, 7) is 4.21. The fourth-order valence-electron chi connectivity index (χ4n) is 3.94. The monoisotopic (exact) mass is 265 g/mol. The molecule has 1 saturated carbocycles. The highest BCUT2D eigenvalue weighted by Crippen LogP contribution is 2.58. The van der Waals surface area contributed by atoms with E-state index in [1.807, 2.05) is 0 Å². The molecule has 1 spiro atoms. The van der Waals surface area contributed by atoms with E-state index >= 15 is 0 Å². The van der Waals surface area contributed by atoms with Crippen molar-refractivity contribution in [2.24, 2.45) is 11.3 Å². The number of amides is 1. The Bertz CT molecular complexity index is 338. The van der Waals surface area contributed by atoms with Crippen LogP contribution in [0.1, 0.15) is 38.5 Å². The molecular formula is C15H27N3O. The first kappa shape index (κ1) is 13.4. The standard InChI is InChI=1S/C15H27N3O/c1-18-9-3-2-4-12(18)11-17-14(19)13-10-15(13)5-7-16-8-6-15/h12-13,16H,2-11H2,1H3,(H,17,19). The molecule has 2 unspecified atom stereocenters. The van der Waals surface area contributed by atoms with Crippen molar-refractivity contribution in [3.8, 4) is 0 Å². The van der Waals surface area contributed by atoms with Gasteiger partial charge >= 0.3 is 0 Å². The van der Waals surface area contributed by atoms with Gasteiger partial charge in [0.1, 0.15) is 0 Å². The average molecular weight is 265 g/mol. The van der Waals surface area contributed by atoms with Gasteiger partial charge in [0.2, 0.25) is 5.91 Å². The summed E-state index contributed by atoms with van der Waals surface area (Å²) in [7, 11) is 2.18. The molecule has 4 nitrogen and oxygen atoms in total. The quantitative estimate of drug-likeness (QED) is 0.799. The molecule has 1 amide bonds. The Kier molecular flexibility index (Phi) is 3.81. The predicted molar refractivity (Wildman–Crippen MR) is 75.9 cm³/mol. The summed E-state index contributed by atoms with van der Waals surface area (Å²) in [6.07, 6.45) is 7.35. The summed E-state index contributed by atoms with van der Waals surface area (Å²) in [5.41, 5.74) is 0.369. The third-order valence-corrected chi connectivity index (χ3v) is 5.54. The molecule has 3 aliphatic rings. The van der Waals surface area contributed by atoms with Crippen molar-refractivity contribution >= 4 is 5.91 Å². The maximum Gasteiger partial charge on any atom is 0.223 e. The van der Waals surface area contributed by atoms with E-state index < -0.39 is 0 Å². The van der Waals surface area contributed by atoms with E-state index in [9.17, 15) is 4.79 Å². The molecule has 4 heteroatoms. The first-order valence-corrected chi connectivity index (χ1v) is 7.90. The van der Waals surface area contributed by atoms with Crippen LogP contribution in [0, 0.1) is 11.3 Å². The molecule has 0 bridgehead atoms. The van der Waals surface area contributed by atoms with E-state index in [0.717, 1.165) is 26.1 Å². The van der Waals surface area contributed by atoms with Gasteiger partial charge in [-0.25, -0.2) is 0 Å². The summed E-state index contributed by atoms with van der Waals surface area (Å²) in [5, 5.41) is 6.61. The van der Waals surface area contributed by atoms with E-state index in [1.165, 1.54) is 38.6 Å². The molecule has 0 aromatic rings. The molecule has 3 rings (SSSR count). The van der Waals surface area contributed by atoms with Crippen LogP contribution in [0.15, 0.2) is 0 Å². The third-order valence-electron chi connectivity index (χ3n) is 5.54. The Hall–Kier alpha value is -0.610. The number of rotatable bonds is 3. The van der Waals surface area contributed by atoms with Crippen molar-refractivity contribution in [1.82, 2.24) is 15.5 Å². The molecule has 0 radical (unpaired) electrons. The zero-order valence-electron chi connectivity index (χ0n) is 12.1. The molecule has 2 heterocycles. The van der Waals surface area contributed by atoms with Crippen LogP contribution >= 0.6 is 0 Å². The van der Waals surface area contributed by atoms with E-state index in [0.29, 0.717) is 23.3 Å². The number of piperidine rings is 2. The van der Waals surface area contributed by atoms with Crippen molar-refractivity contribution in [3.63, 3.8) is 0 Å². The fourth-order valence-corrected chi connectivity index (χ4v) is 3.94. The van der Waals surface area contributed by atoms with Gasteiger partial charge in [0.15, 0.2) is 0 Å². The molecule has 2 atom stereocenters. The Morgan fingerprint density at radius 3 is 2.89 bits per heavy atom. The topological polar surface area (TPSA) is 44.4 Å². The van der Waals surface area contributed by atoms with Gasteiger partial charge < -0.3 is 15.5 Å². The lowest BCUT2D eigenvalue weighted by Gasteiger charge is -2.32. The summed E-state index contributed by atoms with van der Waals surface area (Å²) < 4.78 is 0. The van der Waals surface area contributed by atoms with Crippen LogP contribution in [-0.4, -0.2) is 50.1 Å². The van der Waals surface area contributed by atoms with Crippen molar-refractivity contribution in [2.45, 2.75) is 44.6 Å². The maximum atomic E-state index is 12.3. The van der Waals surface area contributed by atoms with Crippen LogP contribution in [0.25, 0.3) is 0 Å². The lowest BCUT2D eigenvalue weighted by Crippen LogP contribution is -2.45. The summed E-state index contributed by atoms with van der Waals surface area (Å²) >= 11 is 0. The second-order valence-corrected chi connectivity index (χ2v) is 6.74. The van der Waals surface area contributed by atoms with E-state index in [4.69, 9.17) is 0 Å². The van der Waals surface area contributed by atoms with Gasteiger partial charge in [-0.2, -0.15) is 0 Å². The fraction of sp³-hybridized carbons (Fsp3) is 0.933. The molecule has 2 N–H and O–H groups in total. The summed E-state index contributed by atoms with van der Waals surface area (Å²) in [6, 6.07) is 0.556. The van der Waals surface area contributed by atoms with E-state index in [1.54, 1.807) is 0 Å². The number of likely N-dealkylation sites (N-methyl/N-ethyl adjacent to an activating group) is 1. The first-order valence-electron chi connectivity index (χ1n) is 7.90. The molecule has 3 fully saturated rings. The highest BCUT2D eigenvalue weighted by Gasteiger charge is 2.57. The van der Waals surface area contributed by atoms with Gasteiger partial charge in [-0.3, -0.25) is 4.79 Å². The Labute approximate surface area is 116 Å². The van der Waals surface area contributed by atoms with Crippen molar-refractivity contribution in [2.75, 3.05) is 33.2 Å². The first-order chi connectivity index (χ1) is 9.21. The summed E-state index contributed by atoms with van der Waals surface area (Å²) in [5.74, 6) is 0.629. The van der Waals surface area contributed by atoms with Crippen LogP contribution in [-0.2, 0) is 4.79 Å². The minimum absolute atomic E-state index is 0.309. The molecule has 2 saturated heterocycles. The molecule has 108 valence electrons. The summed E-state index contributed by atoms with van der Waals surface area (Å²) in [4.78, 5) is 14.7. The van der Waals surface area contributed by atoms with Gasteiger partial charge in [0.25, 0.3) is 0 Å². The zero-order chi connectivity index (χ0) is 13.3. The largest absolute Gasteiger partial charge is 0.354 e. The number of likely N-dealkylation sites (tertiary alicyclic amines) is 1. The van der Waals surface area contributed by atoms with Gasteiger partial charge in [0, 0.05) is 18.5 Å². The van der Waals surface area contributed by atoms with Crippen molar-refractivity contribution in [3.05, 3.63) is 0 Å². The van der Waals surface area contributed by atoms with Gasteiger partial charge in [-0.15, -0.1) is 0 Å². The van der Waals surface area contributed by atoms with Crippen LogP contribution in [0.5, 0.6) is 0 Å². The highest BCUT2D eigenvalue weighted by molar-refractivity contribution is 5.82. The second-order valence-electron chi connectivity index (χ2n) is 6.74. The predicted octanol–water partition coefficient (Wildman–Crippen LogP) is 0.977. The van der Waals surface area contributed by atoms with Crippen LogP contribution < -0.4 is 10.6 Å². The Morgan fingerprint density at radius 1 is 1.37 bits per heavy atom. The lowest BCUT2D eigenvalue weighted by atomic mass is 9.91. The van der Waals surface area contributed by atoms with Crippen LogP contribution in [0.3, 0.4) is 0 Å². The molecular weight excluding hydrogens is 238 g/mol. The number of hydrogen-bond donors (Lipinski definition) is 2. The smallest absolute Gasteiger partial charge is 0.223 e. The second kappa shape index (κ2) is 5.41. The normalized spacial score (nSPS) is 34.2. The number of carbonyl (C=O) groups is 1. The van der Waals surface area contributed by atoms with Gasteiger partial charge in [-0.1, -0.05) is 6.42 Å². The number of nitrogens with one attached hydrogen (secondary N) is 2. The maximum absolute atomic E-state index is 12.3. The number of carbonyl (C=O) groups excluding carboxylic acids is 1. The average Bonchev–Trinajstić information content (AvgIpc) is 3.12. The highest BCUT2D eigenvalue weighted by atomic mass is 16.2. The number of hydrogen-bond acceptors (Lipinski definition) is 3. The zero-order valence-corrected chi connectivity index (χ0v) is 12.1. The molecule has 0 aromatic carbocycles. The SMILES string of the molecule is CN1CCCCC1CNC(=O)C1CC12CCNCC2. The Balaban J connectivity index is 1.44. The molecule has 0 aromatic heterocycles. The van der Waals surface area contributed by atoms with E-state index in [2.05, 4.69) is 22.6 Å². The Morgan fingerprint density at radius 2 is 2.16 bits per heavy atom. The minimum Gasteiger partial charge on any atom is -0.354 e. The van der Waals surface area contributed by atoms with Crippen LogP contribution in [0.4, 0.5) is 0 Å². The third kappa shape index (κ3) is 2.79. The van der Waals surface area contributed by atoms with Gasteiger partial charge in [-0.05, 0) is 64.2 Å². The van der Waals surface area contributed by atoms with Gasteiger partial charge in [0.05, 0.1) is 0 Å². The van der Waals surface area contributed by atoms with Crippen LogP contribution in [0.2, 0.25) is 0 Å². The van der Waals surface area contributed by atoms with Crippen molar-refractivity contribution < 1.29 is 4.79 Å². The molecule has 19 heavy (non-hydrogen) atoms. The van der Waals surface area contributed by atoms with Crippen molar-refractivity contribution in [1.29, 1.82) is 0 Å². The van der Waals surface area contributed by atoms with E-state index in [-0.39, 0.29) is 0 Å². The minimum atomic E-state index is 0.309. The molecule has 2 aliphatic heterocycles. The lowest BCUT2D eigenvalue weighted by molar-refractivity contribution is -0.123. The molecule has 1 aliphatic carbocycles.